The van der Waals surface area contributed by atoms with E-state index in [9.17, 15) is 9.59 Å². The topological polar surface area (TPSA) is 124 Å². The van der Waals surface area contributed by atoms with Gasteiger partial charge in [-0.15, -0.1) is 5.10 Å². The van der Waals surface area contributed by atoms with Gasteiger partial charge in [0.2, 0.25) is 11.1 Å². The molecule has 0 aliphatic carbocycles. The molecule has 1 aromatic carbocycles. The second kappa shape index (κ2) is 8.85. The number of rotatable bonds is 7. The Morgan fingerprint density at radius 1 is 1.22 bits per heavy atom. The van der Waals surface area contributed by atoms with Crippen molar-refractivity contribution in [1.29, 1.82) is 0 Å². The number of tetrazole rings is 1. The van der Waals surface area contributed by atoms with E-state index in [0.717, 1.165) is 23.2 Å². The first-order chi connectivity index (χ1) is 13.2. The number of amides is 2. The predicted octanol–water partition coefficient (Wildman–Crippen LogP) is 1.21. The average Bonchev–Trinajstić information content (AvgIpc) is 3.37. The minimum absolute atomic E-state index is 0.00976. The Labute approximate surface area is 158 Å². The van der Waals surface area contributed by atoms with Crippen LogP contribution in [0.3, 0.4) is 0 Å². The number of ether oxygens (including phenoxy) is 1. The standard InChI is InChI=1S/C16H16N6O4S/c1-2-25-12-7-5-11(6-8-12)22-16(19-20-21-22)27-10-14(23)17-18-15(24)13-4-3-9-26-13/h3-9H,2,10H2,1H3,(H,17,23)(H,18,24). The molecule has 140 valence electrons. The summed E-state index contributed by atoms with van der Waals surface area (Å²) in [6, 6.07) is 10.3. The molecule has 27 heavy (non-hydrogen) atoms. The molecule has 0 atom stereocenters. The van der Waals surface area contributed by atoms with Crippen LogP contribution in [0.25, 0.3) is 5.69 Å². The van der Waals surface area contributed by atoms with Crippen LogP contribution in [0.1, 0.15) is 17.5 Å². The molecule has 0 radical (unpaired) electrons. The summed E-state index contributed by atoms with van der Waals surface area (Å²) in [4.78, 5) is 23.6. The Morgan fingerprint density at radius 2 is 2.04 bits per heavy atom. The van der Waals surface area contributed by atoms with Crippen molar-refractivity contribution in [3.05, 3.63) is 48.4 Å². The summed E-state index contributed by atoms with van der Waals surface area (Å²) >= 11 is 1.13. The number of carbonyl (C=O) groups excluding carboxylic acids is 2. The number of hydrogen-bond donors (Lipinski definition) is 2. The van der Waals surface area contributed by atoms with Crippen LogP contribution in [-0.4, -0.2) is 44.4 Å². The summed E-state index contributed by atoms with van der Waals surface area (Å²) in [6.45, 7) is 2.49. The number of nitrogens with one attached hydrogen (secondary N) is 2. The largest absolute Gasteiger partial charge is 0.494 e. The molecular weight excluding hydrogens is 372 g/mol. The van der Waals surface area contributed by atoms with Crippen LogP contribution >= 0.6 is 11.8 Å². The zero-order chi connectivity index (χ0) is 19.1. The third kappa shape index (κ3) is 4.85. The summed E-state index contributed by atoms with van der Waals surface area (Å²) in [6.07, 6.45) is 1.37. The highest BCUT2D eigenvalue weighted by atomic mass is 32.2. The summed E-state index contributed by atoms with van der Waals surface area (Å²) in [5.74, 6) is -0.105. The van der Waals surface area contributed by atoms with Crippen molar-refractivity contribution < 1.29 is 18.7 Å². The number of hydrazine groups is 1. The third-order valence-corrected chi connectivity index (χ3v) is 4.15. The second-order valence-electron chi connectivity index (χ2n) is 5.07. The van der Waals surface area contributed by atoms with E-state index in [1.54, 1.807) is 6.07 Å². The first-order valence-corrected chi connectivity index (χ1v) is 8.93. The van der Waals surface area contributed by atoms with E-state index < -0.39 is 11.8 Å². The van der Waals surface area contributed by atoms with Gasteiger partial charge in [-0.1, -0.05) is 11.8 Å². The van der Waals surface area contributed by atoms with Gasteiger partial charge >= 0.3 is 5.91 Å². The molecule has 10 nitrogen and oxygen atoms in total. The first kappa shape index (κ1) is 18.5. The fourth-order valence-corrected chi connectivity index (χ4v) is 2.73. The SMILES string of the molecule is CCOc1ccc(-n2nnnc2SCC(=O)NNC(=O)c2ccco2)cc1. The highest BCUT2D eigenvalue weighted by Gasteiger charge is 2.13. The van der Waals surface area contributed by atoms with Gasteiger partial charge in [0, 0.05) is 0 Å². The van der Waals surface area contributed by atoms with E-state index in [4.69, 9.17) is 9.15 Å². The van der Waals surface area contributed by atoms with Gasteiger partial charge in [0.25, 0.3) is 0 Å². The zero-order valence-corrected chi connectivity index (χ0v) is 15.1. The quantitative estimate of drug-likeness (QED) is 0.457. The van der Waals surface area contributed by atoms with Crippen molar-refractivity contribution >= 4 is 23.6 Å². The van der Waals surface area contributed by atoms with Crippen LogP contribution in [0.15, 0.2) is 52.2 Å². The Balaban J connectivity index is 1.53. The molecule has 2 amide bonds. The average molecular weight is 388 g/mol. The Kier molecular flexibility index (Phi) is 6.05. The van der Waals surface area contributed by atoms with Crippen molar-refractivity contribution in [2.24, 2.45) is 0 Å². The van der Waals surface area contributed by atoms with E-state index in [1.165, 1.54) is 17.0 Å². The molecule has 2 aromatic heterocycles. The lowest BCUT2D eigenvalue weighted by atomic mass is 10.3. The van der Waals surface area contributed by atoms with Crippen LogP contribution in [-0.2, 0) is 4.79 Å². The van der Waals surface area contributed by atoms with E-state index in [1.807, 2.05) is 31.2 Å². The number of hydrogen-bond acceptors (Lipinski definition) is 8. The van der Waals surface area contributed by atoms with Crippen molar-refractivity contribution in [3.8, 4) is 11.4 Å². The number of aromatic nitrogens is 4. The van der Waals surface area contributed by atoms with Crippen LogP contribution < -0.4 is 15.6 Å². The van der Waals surface area contributed by atoms with Gasteiger partial charge in [-0.3, -0.25) is 20.4 Å². The summed E-state index contributed by atoms with van der Waals surface area (Å²) < 4.78 is 11.8. The normalized spacial score (nSPS) is 10.4. The van der Waals surface area contributed by atoms with E-state index in [2.05, 4.69) is 26.4 Å². The third-order valence-electron chi connectivity index (χ3n) is 3.23. The minimum Gasteiger partial charge on any atom is -0.494 e. The molecule has 0 unspecified atom stereocenters. The molecule has 11 heteroatoms. The number of nitrogens with zero attached hydrogens (tertiary/aromatic N) is 4. The molecule has 2 heterocycles. The second-order valence-corrected chi connectivity index (χ2v) is 6.01. The number of benzene rings is 1. The highest BCUT2D eigenvalue weighted by Crippen LogP contribution is 2.20. The molecule has 3 aromatic rings. The summed E-state index contributed by atoms with van der Waals surface area (Å²) in [7, 11) is 0. The Morgan fingerprint density at radius 3 is 2.74 bits per heavy atom. The molecule has 0 aliphatic heterocycles. The minimum atomic E-state index is -0.544. The first-order valence-electron chi connectivity index (χ1n) is 7.94. The fourth-order valence-electron chi connectivity index (χ4n) is 2.04. The maximum atomic E-state index is 11.9. The Hall–Kier alpha value is -3.34. The summed E-state index contributed by atoms with van der Waals surface area (Å²) in [5, 5.41) is 11.9. The molecule has 2 N–H and O–H groups in total. The van der Waals surface area contributed by atoms with Crippen molar-refractivity contribution in [2.75, 3.05) is 12.4 Å². The van der Waals surface area contributed by atoms with E-state index in [-0.39, 0.29) is 11.5 Å². The van der Waals surface area contributed by atoms with Crippen LogP contribution in [0, 0.1) is 0 Å². The number of furan rings is 1. The van der Waals surface area contributed by atoms with Gasteiger partial charge in [-0.2, -0.15) is 4.68 Å². The smallest absolute Gasteiger partial charge is 0.305 e. The van der Waals surface area contributed by atoms with E-state index in [0.29, 0.717) is 11.8 Å². The van der Waals surface area contributed by atoms with Crippen LogP contribution in [0.2, 0.25) is 0 Å². The Bertz CT molecular complexity index is 894. The van der Waals surface area contributed by atoms with Gasteiger partial charge in [0.05, 0.1) is 24.3 Å². The van der Waals surface area contributed by atoms with Gasteiger partial charge in [-0.05, 0) is 53.7 Å². The molecule has 0 saturated carbocycles. The lowest BCUT2D eigenvalue weighted by Gasteiger charge is -2.07. The molecule has 0 bridgehead atoms. The van der Waals surface area contributed by atoms with Gasteiger partial charge in [-0.25, -0.2) is 0 Å². The van der Waals surface area contributed by atoms with Crippen molar-refractivity contribution in [2.45, 2.75) is 12.1 Å². The maximum absolute atomic E-state index is 11.9. The van der Waals surface area contributed by atoms with E-state index >= 15 is 0 Å². The number of thioether (sulfide) groups is 1. The lowest BCUT2D eigenvalue weighted by molar-refractivity contribution is -0.119. The van der Waals surface area contributed by atoms with Crippen molar-refractivity contribution in [1.82, 2.24) is 31.1 Å². The number of carbonyl (C=O) groups is 2. The molecule has 0 saturated heterocycles. The molecule has 0 spiro atoms. The monoisotopic (exact) mass is 388 g/mol. The van der Waals surface area contributed by atoms with Crippen LogP contribution in [0.5, 0.6) is 5.75 Å². The zero-order valence-electron chi connectivity index (χ0n) is 14.3. The predicted molar refractivity (Wildman–Crippen MR) is 95.4 cm³/mol. The lowest BCUT2D eigenvalue weighted by Crippen LogP contribution is -2.42. The van der Waals surface area contributed by atoms with Crippen molar-refractivity contribution in [3.63, 3.8) is 0 Å². The summed E-state index contributed by atoms with van der Waals surface area (Å²) in [5.41, 5.74) is 5.30. The molecule has 3 rings (SSSR count). The molecule has 0 fully saturated rings. The van der Waals surface area contributed by atoms with Gasteiger partial charge in [0.15, 0.2) is 5.76 Å². The maximum Gasteiger partial charge on any atom is 0.305 e. The molecular formula is C16H16N6O4S. The highest BCUT2D eigenvalue weighted by molar-refractivity contribution is 7.99. The van der Waals surface area contributed by atoms with Crippen LogP contribution in [0.4, 0.5) is 0 Å². The molecule has 0 aliphatic rings. The van der Waals surface area contributed by atoms with Gasteiger partial charge in [0.1, 0.15) is 5.75 Å². The fraction of sp³-hybridized carbons (Fsp3) is 0.188. The van der Waals surface area contributed by atoms with Gasteiger partial charge < -0.3 is 9.15 Å².